The van der Waals surface area contributed by atoms with Gasteiger partial charge in [0.25, 0.3) is 0 Å². The molecule has 3 heterocycles. The van der Waals surface area contributed by atoms with Crippen LogP contribution in [-0.4, -0.2) is 39.2 Å². The molecule has 0 amide bonds. The van der Waals surface area contributed by atoms with Crippen molar-refractivity contribution in [2.24, 2.45) is 4.99 Å². The number of pyridine rings is 1. The number of fused-ring (bicyclic) bond motifs is 3. The van der Waals surface area contributed by atoms with Gasteiger partial charge in [-0.1, -0.05) is 18.2 Å². The molecule has 0 unspecified atom stereocenters. The summed E-state index contributed by atoms with van der Waals surface area (Å²) < 4.78 is 3.24. The molecule has 0 bridgehead atoms. The third-order valence-corrected chi connectivity index (χ3v) is 4.78. The minimum atomic E-state index is 0.528. The number of aliphatic imine (C=N–C) groups is 1. The number of para-hydroxylation sites is 1. The zero-order chi connectivity index (χ0) is 17.4. The molecule has 4 rings (SSSR count). The average molecular weight is 396 g/mol. The van der Waals surface area contributed by atoms with Gasteiger partial charge in [-0.2, -0.15) is 0 Å². The molecule has 0 saturated carbocycles. The van der Waals surface area contributed by atoms with E-state index in [-0.39, 0.29) is 0 Å². The summed E-state index contributed by atoms with van der Waals surface area (Å²) >= 11 is 3.73. The van der Waals surface area contributed by atoms with Gasteiger partial charge in [0, 0.05) is 22.8 Å². The lowest BCUT2D eigenvalue weighted by Gasteiger charge is -2.17. The molecular formula is C19H18BrN5. The summed E-state index contributed by atoms with van der Waals surface area (Å²) in [6.45, 7) is 1.34. The zero-order valence-corrected chi connectivity index (χ0v) is 15.7. The second-order valence-corrected chi connectivity index (χ2v) is 7.11. The maximum absolute atomic E-state index is 4.85. The lowest BCUT2D eigenvalue weighted by Crippen LogP contribution is -2.16. The molecule has 3 aromatic rings. The van der Waals surface area contributed by atoms with Gasteiger partial charge in [0.05, 0.1) is 35.5 Å². The normalized spacial score (nSPS) is 13.2. The summed E-state index contributed by atoms with van der Waals surface area (Å²) in [7, 11) is 4.13. The Labute approximate surface area is 155 Å². The Bertz CT molecular complexity index is 944. The largest absolute Gasteiger partial charge is 0.304 e. The van der Waals surface area contributed by atoms with Crippen molar-refractivity contribution in [3.8, 4) is 5.69 Å². The first-order valence-corrected chi connectivity index (χ1v) is 8.90. The number of hydrogen-bond acceptors (Lipinski definition) is 4. The minimum absolute atomic E-state index is 0.528. The van der Waals surface area contributed by atoms with E-state index in [1.807, 2.05) is 30.5 Å². The molecule has 2 aromatic heterocycles. The number of aromatic nitrogens is 3. The SMILES string of the molecule is CN(C)Cc1cnc2n1-c1c(Br)cccc1C(c1ccccn1)=NC2. The zero-order valence-electron chi connectivity index (χ0n) is 14.1. The van der Waals surface area contributed by atoms with Crippen molar-refractivity contribution in [2.45, 2.75) is 13.1 Å². The van der Waals surface area contributed by atoms with E-state index in [0.29, 0.717) is 6.54 Å². The first kappa shape index (κ1) is 16.2. The maximum Gasteiger partial charge on any atom is 0.135 e. The van der Waals surface area contributed by atoms with Crippen molar-refractivity contribution in [1.82, 2.24) is 19.4 Å². The highest BCUT2D eigenvalue weighted by molar-refractivity contribution is 9.10. The van der Waals surface area contributed by atoms with Crippen LogP contribution in [0.1, 0.15) is 22.8 Å². The van der Waals surface area contributed by atoms with Crippen LogP contribution >= 0.6 is 15.9 Å². The number of benzene rings is 1. The van der Waals surface area contributed by atoms with Gasteiger partial charge in [0.1, 0.15) is 5.82 Å². The summed E-state index contributed by atoms with van der Waals surface area (Å²) in [4.78, 5) is 16.1. The summed E-state index contributed by atoms with van der Waals surface area (Å²) in [5.74, 6) is 0.941. The first-order valence-electron chi connectivity index (χ1n) is 8.10. The van der Waals surface area contributed by atoms with Crippen LogP contribution in [0.15, 0.2) is 58.3 Å². The Morgan fingerprint density at radius 3 is 2.76 bits per heavy atom. The van der Waals surface area contributed by atoms with Crippen LogP contribution in [0.2, 0.25) is 0 Å². The Morgan fingerprint density at radius 2 is 2.00 bits per heavy atom. The van der Waals surface area contributed by atoms with Crippen molar-refractivity contribution in [2.75, 3.05) is 14.1 Å². The molecule has 25 heavy (non-hydrogen) atoms. The number of imidazole rings is 1. The van der Waals surface area contributed by atoms with E-state index in [1.165, 1.54) is 0 Å². The number of halogens is 1. The van der Waals surface area contributed by atoms with Gasteiger partial charge < -0.3 is 4.90 Å². The van der Waals surface area contributed by atoms with E-state index >= 15 is 0 Å². The fraction of sp³-hybridized carbons (Fsp3) is 0.211. The van der Waals surface area contributed by atoms with Crippen LogP contribution in [0.4, 0.5) is 0 Å². The predicted molar refractivity (Wildman–Crippen MR) is 102 cm³/mol. The molecule has 0 atom stereocenters. The predicted octanol–water partition coefficient (Wildman–Crippen LogP) is 3.44. The van der Waals surface area contributed by atoms with E-state index < -0.39 is 0 Å². The first-order chi connectivity index (χ1) is 12.1. The van der Waals surface area contributed by atoms with Crippen LogP contribution in [0.5, 0.6) is 0 Å². The lowest BCUT2D eigenvalue weighted by atomic mass is 10.0. The standard InChI is InChI=1S/C19H18BrN5/c1-24(2)12-13-10-22-17-11-23-18(16-8-3-4-9-21-16)14-6-5-7-15(20)19(14)25(13)17/h3-10H,11-12H2,1-2H3. The van der Waals surface area contributed by atoms with Crippen LogP contribution < -0.4 is 0 Å². The van der Waals surface area contributed by atoms with E-state index in [2.05, 4.69) is 61.6 Å². The molecule has 1 aliphatic rings. The third-order valence-electron chi connectivity index (χ3n) is 4.14. The van der Waals surface area contributed by atoms with Gasteiger partial charge in [-0.15, -0.1) is 0 Å². The van der Waals surface area contributed by atoms with E-state index in [9.17, 15) is 0 Å². The Kier molecular flexibility index (Phi) is 4.23. The van der Waals surface area contributed by atoms with Gasteiger partial charge in [0.2, 0.25) is 0 Å². The molecule has 6 heteroatoms. The van der Waals surface area contributed by atoms with Gasteiger partial charge >= 0.3 is 0 Å². The van der Waals surface area contributed by atoms with Gasteiger partial charge in [-0.05, 0) is 48.2 Å². The monoisotopic (exact) mass is 395 g/mol. The second-order valence-electron chi connectivity index (χ2n) is 6.25. The van der Waals surface area contributed by atoms with Crippen molar-refractivity contribution in [1.29, 1.82) is 0 Å². The number of nitrogens with zero attached hydrogens (tertiary/aromatic N) is 5. The highest BCUT2D eigenvalue weighted by Crippen LogP contribution is 2.32. The molecule has 0 aliphatic carbocycles. The highest BCUT2D eigenvalue weighted by atomic mass is 79.9. The Hall–Kier alpha value is -2.31. The van der Waals surface area contributed by atoms with E-state index in [4.69, 9.17) is 4.99 Å². The van der Waals surface area contributed by atoms with Crippen LogP contribution in [0.3, 0.4) is 0 Å². The summed E-state index contributed by atoms with van der Waals surface area (Å²) in [5, 5.41) is 0. The van der Waals surface area contributed by atoms with Gasteiger partial charge in [-0.25, -0.2) is 4.98 Å². The smallest absolute Gasteiger partial charge is 0.135 e. The second kappa shape index (κ2) is 6.54. The lowest BCUT2D eigenvalue weighted by molar-refractivity contribution is 0.393. The fourth-order valence-corrected chi connectivity index (χ4v) is 3.68. The van der Waals surface area contributed by atoms with Crippen molar-refractivity contribution < 1.29 is 0 Å². The quantitative estimate of drug-likeness (QED) is 0.682. The average Bonchev–Trinajstić information content (AvgIpc) is 2.89. The number of hydrogen-bond donors (Lipinski definition) is 0. The summed E-state index contributed by atoms with van der Waals surface area (Å²) in [6.07, 6.45) is 3.75. The summed E-state index contributed by atoms with van der Waals surface area (Å²) in [5.41, 5.74) is 5.06. The Balaban J connectivity index is 1.96. The molecule has 0 radical (unpaired) electrons. The van der Waals surface area contributed by atoms with Crippen molar-refractivity contribution in [3.05, 3.63) is 76.0 Å². The number of rotatable bonds is 3. The van der Waals surface area contributed by atoms with Gasteiger partial charge in [0.15, 0.2) is 0 Å². The topological polar surface area (TPSA) is 46.3 Å². The summed E-state index contributed by atoms with van der Waals surface area (Å²) in [6, 6.07) is 12.1. The van der Waals surface area contributed by atoms with Crippen LogP contribution in [0, 0.1) is 0 Å². The molecular weight excluding hydrogens is 378 g/mol. The highest BCUT2D eigenvalue weighted by Gasteiger charge is 2.24. The maximum atomic E-state index is 4.85. The third kappa shape index (κ3) is 2.92. The molecule has 0 spiro atoms. The molecule has 0 saturated heterocycles. The molecule has 1 aliphatic heterocycles. The minimum Gasteiger partial charge on any atom is -0.304 e. The van der Waals surface area contributed by atoms with E-state index in [1.54, 1.807) is 6.20 Å². The molecule has 1 aromatic carbocycles. The van der Waals surface area contributed by atoms with E-state index in [0.717, 1.165) is 45.2 Å². The fourth-order valence-electron chi connectivity index (χ4n) is 3.14. The van der Waals surface area contributed by atoms with Crippen molar-refractivity contribution in [3.63, 3.8) is 0 Å². The molecule has 5 nitrogen and oxygen atoms in total. The molecule has 0 fully saturated rings. The van der Waals surface area contributed by atoms with Gasteiger partial charge in [-0.3, -0.25) is 14.5 Å². The van der Waals surface area contributed by atoms with Crippen LogP contribution in [-0.2, 0) is 13.1 Å². The Morgan fingerprint density at radius 1 is 1.12 bits per heavy atom. The van der Waals surface area contributed by atoms with Crippen molar-refractivity contribution >= 4 is 21.6 Å². The molecule has 126 valence electrons. The van der Waals surface area contributed by atoms with Crippen LogP contribution in [0.25, 0.3) is 5.69 Å². The molecule has 0 N–H and O–H groups in total.